The average Bonchev–Trinajstić information content (AvgIpc) is 3.77. The molecule has 0 aliphatic heterocycles. The molecule has 8 nitrogen and oxygen atoms in total. The number of hydrogen-bond donors (Lipinski definition) is 0. The largest absolute Gasteiger partial charge is 0.296 e. The van der Waals surface area contributed by atoms with Crippen molar-refractivity contribution in [3.05, 3.63) is 145 Å². The molecule has 0 atom stereocenters. The number of rotatable bonds is 6. The van der Waals surface area contributed by atoms with Crippen molar-refractivity contribution in [1.82, 2.24) is 30.0 Å². The van der Waals surface area contributed by atoms with Gasteiger partial charge in [-0.15, -0.1) is 0 Å². The van der Waals surface area contributed by atoms with Gasteiger partial charge in [-0.25, -0.2) is 0 Å². The van der Waals surface area contributed by atoms with Gasteiger partial charge in [0.2, 0.25) is 0 Å². The second-order valence-corrected chi connectivity index (χ2v) is 9.04. The van der Waals surface area contributed by atoms with E-state index in [0.29, 0.717) is 0 Å². The van der Waals surface area contributed by atoms with E-state index in [2.05, 4.69) is 12.2 Å². The molecule has 2 aromatic heterocycles. The molecule has 4 aromatic carbocycles. The van der Waals surface area contributed by atoms with Crippen LogP contribution in [0, 0.1) is 0 Å². The molecule has 1 aliphatic rings. The molecule has 0 saturated carbocycles. The van der Waals surface area contributed by atoms with Crippen LogP contribution in [0.4, 0.5) is 0 Å². The normalized spacial score (nSPS) is 12.8. The zero-order chi connectivity index (χ0) is 26.0. The Labute approximate surface area is 225 Å². The standard InChI is InChI=1S/C31H24N8/c1-5-14-24(15-6-1)36-30(32-38(34-36)26-18-9-3-10-19-26)28-22-13-23-29(28)31-33-39(27-20-11-4-12-21-27)35-37(31)25-16-7-2-8-17-25/h1-12,14-23H,13H2/q+2. The lowest BCUT2D eigenvalue weighted by atomic mass is 10.1. The highest BCUT2D eigenvalue weighted by atomic mass is 15.6. The van der Waals surface area contributed by atoms with Crippen LogP contribution in [0.3, 0.4) is 0 Å². The van der Waals surface area contributed by atoms with Crippen LogP contribution in [0.5, 0.6) is 0 Å². The Hall–Kier alpha value is -5.50. The van der Waals surface area contributed by atoms with Crippen molar-refractivity contribution in [3.8, 4) is 22.7 Å². The van der Waals surface area contributed by atoms with Crippen LogP contribution in [0.1, 0.15) is 18.1 Å². The van der Waals surface area contributed by atoms with Crippen molar-refractivity contribution in [2.24, 2.45) is 0 Å². The van der Waals surface area contributed by atoms with Gasteiger partial charge in [0.1, 0.15) is 10.4 Å². The lowest BCUT2D eigenvalue weighted by Crippen LogP contribution is -2.36. The summed E-state index contributed by atoms with van der Waals surface area (Å²) in [5, 5.41) is 19.7. The van der Waals surface area contributed by atoms with Gasteiger partial charge < -0.3 is 0 Å². The minimum absolute atomic E-state index is 0.725. The van der Waals surface area contributed by atoms with Crippen LogP contribution < -0.4 is 9.59 Å². The molecule has 0 spiro atoms. The fourth-order valence-corrected chi connectivity index (χ4v) is 4.66. The lowest BCUT2D eigenvalue weighted by Gasteiger charge is -2.02. The quantitative estimate of drug-likeness (QED) is 0.315. The first-order valence-electron chi connectivity index (χ1n) is 12.8. The van der Waals surface area contributed by atoms with Crippen molar-refractivity contribution < 1.29 is 9.59 Å². The van der Waals surface area contributed by atoms with Crippen LogP contribution in [-0.2, 0) is 0 Å². The molecule has 186 valence electrons. The molecular formula is C31H24N8+2. The summed E-state index contributed by atoms with van der Waals surface area (Å²) in [4.78, 5) is 3.34. The molecule has 6 aromatic rings. The number of para-hydroxylation sites is 4. The van der Waals surface area contributed by atoms with E-state index in [1.165, 1.54) is 0 Å². The average molecular weight is 509 g/mol. The van der Waals surface area contributed by atoms with Gasteiger partial charge in [0.15, 0.2) is 22.7 Å². The summed E-state index contributed by atoms with van der Waals surface area (Å²) in [6.07, 6.45) is 5.10. The minimum atomic E-state index is 0.725. The number of aromatic nitrogens is 8. The molecule has 0 N–H and O–H groups in total. The van der Waals surface area contributed by atoms with Crippen molar-refractivity contribution in [2.45, 2.75) is 6.42 Å². The summed E-state index contributed by atoms with van der Waals surface area (Å²) >= 11 is 0. The molecule has 8 heteroatoms. The molecule has 39 heavy (non-hydrogen) atoms. The summed E-state index contributed by atoms with van der Waals surface area (Å²) in [7, 11) is 0. The second-order valence-electron chi connectivity index (χ2n) is 9.04. The molecule has 0 saturated heterocycles. The highest BCUT2D eigenvalue weighted by Crippen LogP contribution is 2.35. The van der Waals surface area contributed by atoms with E-state index in [1.807, 2.05) is 131 Å². The van der Waals surface area contributed by atoms with Crippen LogP contribution in [0.15, 0.2) is 133 Å². The van der Waals surface area contributed by atoms with E-state index < -0.39 is 0 Å². The first-order valence-corrected chi connectivity index (χ1v) is 12.8. The molecule has 1 aliphatic carbocycles. The predicted octanol–water partition coefficient (Wildman–Crippen LogP) is 4.27. The highest BCUT2D eigenvalue weighted by Gasteiger charge is 2.34. The Morgan fingerprint density at radius 2 is 0.821 bits per heavy atom. The number of tetrazole rings is 2. The molecule has 2 heterocycles. The van der Waals surface area contributed by atoms with Gasteiger partial charge in [-0.2, -0.15) is 0 Å². The Bertz CT molecular complexity index is 1670. The molecule has 0 amide bonds. The molecule has 0 unspecified atom stereocenters. The van der Waals surface area contributed by atoms with Crippen molar-refractivity contribution in [1.29, 1.82) is 0 Å². The number of benzene rings is 4. The Balaban J connectivity index is 1.39. The monoisotopic (exact) mass is 508 g/mol. The second kappa shape index (κ2) is 9.75. The topological polar surface area (TPSA) is 69.2 Å². The molecule has 0 bridgehead atoms. The van der Waals surface area contributed by atoms with Gasteiger partial charge in [-0.3, -0.25) is 0 Å². The van der Waals surface area contributed by atoms with Gasteiger partial charge in [0, 0.05) is 9.59 Å². The van der Waals surface area contributed by atoms with Crippen LogP contribution in [0.2, 0.25) is 0 Å². The molecule has 0 fully saturated rings. The van der Waals surface area contributed by atoms with Gasteiger partial charge in [-0.05, 0) is 65.1 Å². The Kier molecular flexibility index (Phi) is 5.67. The Morgan fingerprint density at radius 3 is 1.21 bits per heavy atom. The van der Waals surface area contributed by atoms with Crippen LogP contribution in [0.25, 0.3) is 33.9 Å². The van der Waals surface area contributed by atoms with Gasteiger partial charge in [-0.1, -0.05) is 94.3 Å². The Morgan fingerprint density at radius 1 is 0.462 bits per heavy atom. The fourth-order valence-electron chi connectivity index (χ4n) is 4.66. The maximum atomic E-state index is 4.98. The zero-order valence-electron chi connectivity index (χ0n) is 21.0. The van der Waals surface area contributed by atoms with E-state index in [1.54, 1.807) is 9.59 Å². The van der Waals surface area contributed by atoms with Gasteiger partial charge in [0.05, 0.1) is 11.1 Å². The maximum Gasteiger partial charge on any atom is 0.296 e. The first-order chi connectivity index (χ1) is 19.3. The summed E-state index contributed by atoms with van der Waals surface area (Å²) in [5.74, 6) is 1.45. The van der Waals surface area contributed by atoms with Crippen molar-refractivity contribution in [2.75, 3.05) is 0 Å². The summed E-state index contributed by atoms with van der Waals surface area (Å²) in [6.45, 7) is 0. The van der Waals surface area contributed by atoms with Crippen molar-refractivity contribution in [3.63, 3.8) is 0 Å². The highest BCUT2D eigenvalue weighted by molar-refractivity contribution is 6.04. The molecular weight excluding hydrogens is 484 g/mol. The van der Waals surface area contributed by atoms with Gasteiger partial charge >= 0.3 is 0 Å². The maximum absolute atomic E-state index is 4.98. The predicted molar refractivity (Wildman–Crippen MR) is 146 cm³/mol. The summed E-state index contributed by atoms with van der Waals surface area (Å²) in [6, 6.07) is 40.0. The zero-order valence-corrected chi connectivity index (χ0v) is 21.0. The molecule has 0 radical (unpaired) electrons. The van der Waals surface area contributed by atoms with E-state index >= 15 is 0 Å². The smallest absolute Gasteiger partial charge is 0.0738 e. The number of nitrogens with zero attached hydrogens (tertiary/aromatic N) is 8. The van der Waals surface area contributed by atoms with E-state index in [4.69, 9.17) is 20.6 Å². The number of allylic oxidation sites excluding steroid dienone is 4. The third-order valence-corrected chi connectivity index (χ3v) is 6.52. The third-order valence-electron chi connectivity index (χ3n) is 6.52. The van der Waals surface area contributed by atoms with Gasteiger partial charge in [0.25, 0.3) is 11.6 Å². The van der Waals surface area contributed by atoms with E-state index in [9.17, 15) is 0 Å². The molecule has 7 rings (SSSR count). The fraction of sp³-hybridized carbons (Fsp3) is 0.0323. The van der Waals surface area contributed by atoms with Crippen molar-refractivity contribution >= 4 is 11.1 Å². The van der Waals surface area contributed by atoms with Crippen LogP contribution in [-0.4, -0.2) is 30.0 Å². The summed E-state index contributed by atoms with van der Waals surface area (Å²) < 4.78 is 3.76. The SMILES string of the molecule is C1=C(c2n[n+](-c3ccccc3)nn2-c2ccccc2)C(c2n[n+](-c3ccccc3)nn2-c2ccccc2)=CC1. The summed E-state index contributed by atoms with van der Waals surface area (Å²) in [5.41, 5.74) is 5.51. The van der Waals surface area contributed by atoms with E-state index in [0.717, 1.165) is 52.0 Å². The minimum Gasteiger partial charge on any atom is -0.0738 e. The van der Waals surface area contributed by atoms with E-state index in [-0.39, 0.29) is 0 Å². The third kappa shape index (κ3) is 4.23. The van der Waals surface area contributed by atoms with Crippen LogP contribution >= 0.6 is 0 Å². The number of hydrogen-bond acceptors (Lipinski definition) is 4. The first kappa shape index (κ1) is 22.7. The lowest BCUT2D eigenvalue weighted by molar-refractivity contribution is -0.718.